The van der Waals surface area contributed by atoms with Crippen LogP contribution in [0.4, 0.5) is 4.39 Å². The summed E-state index contributed by atoms with van der Waals surface area (Å²) < 4.78 is 13.5. The summed E-state index contributed by atoms with van der Waals surface area (Å²) in [4.78, 5) is 26.2. The number of hydrogen-bond acceptors (Lipinski definition) is 2. The van der Waals surface area contributed by atoms with Crippen molar-refractivity contribution >= 4 is 27.7 Å². The molecule has 0 radical (unpaired) electrons. The number of halogens is 2. The molecule has 1 aliphatic rings. The SMILES string of the molecule is CN1CC(=O)N(Cc2ccc(F)cc2Br)CC1=O. The monoisotopic (exact) mass is 314 g/mol. The first kappa shape index (κ1) is 13.0. The average molecular weight is 315 g/mol. The predicted molar refractivity (Wildman–Crippen MR) is 67.2 cm³/mol. The molecule has 0 aliphatic carbocycles. The Labute approximate surface area is 112 Å². The maximum Gasteiger partial charge on any atom is 0.242 e. The van der Waals surface area contributed by atoms with Gasteiger partial charge >= 0.3 is 0 Å². The third-order valence-corrected chi connectivity index (χ3v) is 3.59. The second-order valence-electron chi connectivity index (χ2n) is 4.24. The lowest BCUT2D eigenvalue weighted by atomic mass is 10.2. The van der Waals surface area contributed by atoms with Gasteiger partial charge in [0, 0.05) is 18.1 Å². The molecule has 1 aromatic rings. The predicted octanol–water partition coefficient (Wildman–Crippen LogP) is 1.39. The fourth-order valence-corrected chi connectivity index (χ4v) is 2.24. The van der Waals surface area contributed by atoms with E-state index in [0.29, 0.717) is 11.0 Å². The zero-order chi connectivity index (χ0) is 13.3. The number of carbonyl (C=O) groups excluding carboxylic acids is 2. The normalized spacial score (nSPS) is 16.4. The standard InChI is InChI=1S/C12H12BrFN2O2/c1-15-6-12(18)16(7-11(15)17)5-8-2-3-9(14)4-10(8)13/h2-4H,5-7H2,1H3. The summed E-state index contributed by atoms with van der Waals surface area (Å²) in [6.45, 7) is 0.468. The smallest absolute Gasteiger partial charge is 0.242 e. The zero-order valence-electron chi connectivity index (χ0n) is 9.82. The van der Waals surface area contributed by atoms with Gasteiger partial charge in [-0.25, -0.2) is 4.39 Å². The van der Waals surface area contributed by atoms with Gasteiger partial charge in [0.15, 0.2) is 0 Å². The van der Waals surface area contributed by atoms with E-state index in [4.69, 9.17) is 0 Å². The van der Waals surface area contributed by atoms with E-state index in [2.05, 4.69) is 15.9 Å². The summed E-state index contributed by atoms with van der Waals surface area (Å²) in [5.74, 6) is -0.535. The summed E-state index contributed by atoms with van der Waals surface area (Å²) in [5.41, 5.74) is 0.780. The summed E-state index contributed by atoms with van der Waals surface area (Å²) in [5, 5.41) is 0. The van der Waals surface area contributed by atoms with E-state index >= 15 is 0 Å². The highest BCUT2D eigenvalue weighted by atomic mass is 79.9. The van der Waals surface area contributed by atoms with E-state index < -0.39 is 0 Å². The maximum atomic E-state index is 12.9. The Morgan fingerprint density at radius 1 is 1.28 bits per heavy atom. The van der Waals surface area contributed by atoms with Gasteiger partial charge in [0.1, 0.15) is 12.4 Å². The number of hydrogen-bond donors (Lipinski definition) is 0. The van der Waals surface area contributed by atoms with E-state index in [-0.39, 0.29) is 30.7 Å². The molecule has 96 valence electrons. The van der Waals surface area contributed by atoms with E-state index in [1.165, 1.54) is 21.9 Å². The van der Waals surface area contributed by atoms with Gasteiger partial charge in [0.05, 0.1) is 6.54 Å². The van der Waals surface area contributed by atoms with Gasteiger partial charge in [-0.15, -0.1) is 0 Å². The van der Waals surface area contributed by atoms with Gasteiger partial charge < -0.3 is 9.80 Å². The highest BCUT2D eigenvalue weighted by Gasteiger charge is 2.27. The Kier molecular flexibility index (Phi) is 3.65. The minimum atomic E-state index is -0.341. The molecular weight excluding hydrogens is 303 g/mol. The van der Waals surface area contributed by atoms with E-state index in [1.54, 1.807) is 13.1 Å². The summed E-state index contributed by atoms with van der Waals surface area (Å²) >= 11 is 3.25. The number of likely N-dealkylation sites (N-methyl/N-ethyl adjacent to an activating group) is 1. The van der Waals surface area contributed by atoms with Crippen LogP contribution in [0.15, 0.2) is 22.7 Å². The van der Waals surface area contributed by atoms with Crippen molar-refractivity contribution in [2.75, 3.05) is 20.1 Å². The lowest BCUT2D eigenvalue weighted by Gasteiger charge is -2.31. The van der Waals surface area contributed by atoms with Crippen LogP contribution >= 0.6 is 15.9 Å². The van der Waals surface area contributed by atoms with Gasteiger partial charge in [-0.2, -0.15) is 0 Å². The molecule has 1 aromatic carbocycles. The van der Waals surface area contributed by atoms with E-state index in [1.807, 2.05) is 0 Å². The van der Waals surface area contributed by atoms with Gasteiger partial charge in [-0.05, 0) is 17.7 Å². The van der Waals surface area contributed by atoms with Crippen LogP contribution in [-0.4, -0.2) is 41.8 Å². The van der Waals surface area contributed by atoms with Crippen molar-refractivity contribution in [1.82, 2.24) is 9.80 Å². The molecule has 1 saturated heterocycles. The molecule has 1 aliphatic heterocycles. The largest absolute Gasteiger partial charge is 0.335 e. The Morgan fingerprint density at radius 3 is 2.67 bits per heavy atom. The molecule has 1 heterocycles. The van der Waals surface area contributed by atoms with E-state index in [0.717, 1.165) is 5.56 Å². The first-order valence-corrected chi connectivity index (χ1v) is 6.22. The average Bonchev–Trinajstić information content (AvgIpc) is 2.29. The first-order chi connectivity index (χ1) is 8.47. The topological polar surface area (TPSA) is 40.6 Å². The lowest BCUT2D eigenvalue weighted by molar-refractivity contribution is -0.149. The summed E-state index contributed by atoms with van der Waals surface area (Å²) in [7, 11) is 1.60. The van der Waals surface area contributed by atoms with Crippen LogP contribution in [0.1, 0.15) is 5.56 Å². The molecule has 0 unspecified atom stereocenters. The molecule has 0 bridgehead atoms. The Balaban J connectivity index is 2.13. The van der Waals surface area contributed by atoms with Gasteiger partial charge in [0.2, 0.25) is 11.8 Å². The van der Waals surface area contributed by atoms with Crippen molar-refractivity contribution in [3.63, 3.8) is 0 Å². The fraction of sp³-hybridized carbons (Fsp3) is 0.333. The van der Waals surface area contributed by atoms with Crippen molar-refractivity contribution < 1.29 is 14.0 Å². The molecule has 0 saturated carbocycles. The van der Waals surface area contributed by atoms with Crippen LogP contribution in [0.25, 0.3) is 0 Å². The van der Waals surface area contributed by atoms with Crippen LogP contribution in [0.5, 0.6) is 0 Å². The molecule has 18 heavy (non-hydrogen) atoms. The lowest BCUT2D eigenvalue weighted by Crippen LogP contribution is -2.51. The molecule has 0 N–H and O–H groups in total. The molecule has 1 fully saturated rings. The number of rotatable bonds is 2. The zero-order valence-corrected chi connectivity index (χ0v) is 11.4. The van der Waals surface area contributed by atoms with Crippen molar-refractivity contribution in [3.05, 3.63) is 34.1 Å². The molecule has 0 spiro atoms. The second-order valence-corrected chi connectivity index (χ2v) is 5.09. The number of benzene rings is 1. The molecule has 6 heteroatoms. The number of nitrogens with zero attached hydrogens (tertiary/aromatic N) is 2. The summed E-state index contributed by atoms with van der Waals surface area (Å²) in [6, 6.07) is 4.29. The molecule has 0 aromatic heterocycles. The number of piperazine rings is 1. The van der Waals surface area contributed by atoms with Gasteiger partial charge in [-0.3, -0.25) is 9.59 Å². The summed E-state index contributed by atoms with van der Waals surface area (Å²) in [6.07, 6.45) is 0. The second kappa shape index (κ2) is 5.06. The first-order valence-electron chi connectivity index (χ1n) is 5.43. The quantitative estimate of drug-likeness (QED) is 0.827. The van der Waals surface area contributed by atoms with Crippen LogP contribution in [0.3, 0.4) is 0 Å². The third kappa shape index (κ3) is 2.69. The van der Waals surface area contributed by atoms with E-state index in [9.17, 15) is 14.0 Å². The fourth-order valence-electron chi connectivity index (χ4n) is 1.76. The Morgan fingerprint density at radius 2 is 2.00 bits per heavy atom. The Bertz CT molecular complexity index is 507. The minimum Gasteiger partial charge on any atom is -0.335 e. The van der Waals surface area contributed by atoms with Crippen LogP contribution < -0.4 is 0 Å². The van der Waals surface area contributed by atoms with Gasteiger partial charge in [-0.1, -0.05) is 22.0 Å². The third-order valence-electron chi connectivity index (χ3n) is 2.85. The van der Waals surface area contributed by atoms with Crippen molar-refractivity contribution in [2.45, 2.75) is 6.54 Å². The molecule has 2 rings (SSSR count). The highest BCUT2D eigenvalue weighted by Crippen LogP contribution is 2.20. The number of carbonyl (C=O) groups is 2. The van der Waals surface area contributed by atoms with Crippen LogP contribution in [0, 0.1) is 5.82 Å². The van der Waals surface area contributed by atoms with Crippen molar-refractivity contribution in [2.24, 2.45) is 0 Å². The van der Waals surface area contributed by atoms with Crippen molar-refractivity contribution in [1.29, 1.82) is 0 Å². The number of amides is 2. The molecular formula is C12H12BrFN2O2. The molecule has 2 amide bonds. The van der Waals surface area contributed by atoms with Gasteiger partial charge in [0.25, 0.3) is 0 Å². The van der Waals surface area contributed by atoms with Crippen LogP contribution in [-0.2, 0) is 16.1 Å². The van der Waals surface area contributed by atoms with Crippen LogP contribution in [0.2, 0.25) is 0 Å². The maximum absolute atomic E-state index is 12.9. The van der Waals surface area contributed by atoms with Crippen molar-refractivity contribution in [3.8, 4) is 0 Å². The highest BCUT2D eigenvalue weighted by molar-refractivity contribution is 9.10. The minimum absolute atomic E-state index is 0.0686. The molecule has 4 nitrogen and oxygen atoms in total. The molecule has 0 atom stereocenters. The Hall–Kier alpha value is -1.43.